The Bertz CT molecular complexity index is 436. The van der Waals surface area contributed by atoms with Gasteiger partial charge in [-0.1, -0.05) is 17.7 Å². The van der Waals surface area contributed by atoms with E-state index in [0.29, 0.717) is 18.0 Å². The number of rotatable bonds is 2. The van der Waals surface area contributed by atoms with E-state index in [1.54, 1.807) is 6.07 Å². The molecule has 1 saturated heterocycles. The molecule has 92 valence electrons. The Morgan fingerprint density at radius 1 is 1.59 bits per heavy atom. The second-order valence-electron chi connectivity index (χ2n) is 4.06. The van der Waals surface area contributed by atoms with Gasteiger partial charge in [-0.2, -0.15) is 0 Å². The summed E-state index contributed by atoms with van der Waals surface area (Å²) >= 11 is 6.02. The molecular weight excluding hydrogens is 242 g/mol. The van der Waals surface area contributed by atoms with Crippen LogP contribution in [-0.4, -0.2) is 30.5 Å². The highest BCUT2D eigenvalue weighted by atomic mass is 35.5. The van der Waals surface area contributed by atoms with Crippen LogP contribution in [0.5, 0.6) is 0 Å². The molecule has 1 atom stereocenters. The number of amides is 1. The van der Waals surface area contributed by atoms with Crippen LogP contribution in [0.2, 0.25) is 5.02 Å². The third-order valence-corrected chi connectivity index (χ3v) is 3.24. The fraction of sp³-hybridized carbons (Fsp3) is 0.417. The van der Waals surface area contributed by atoms with Crippen LogP contribution in [0.3, 0.4) is 0 Å². The van der Waals surface area contributed by atoms with Crippen LogP contribution >= 0.6 is 11.6 Å². The van der Waals surface area contributed by atoms with Crippen LogP contribution in [0.4, 0.5) is 10.5 Å². The van der Waals surface area contributed by atoms with Crippen molar-refractivity contribution in [2.45, 2.75) is 19.4 Å². The van der Waals surface area contributed by atoms with Gasteiger partial charge in [0.05, 0.1) is 6.61 Å². The number of carbonyl (C=O) groups excluding carboxylic acids is 1. The van der Waals surface area contributed by atoms with Crippen molar-refractivity contribution in [3.63, 3.8) is 0 Å². The van der Waals surface area contributed by atoms with Crippen LogP contribution in [0, 0.1) is 6.92 Å². The molecule has 1 aliphatic rings. The number of halogens is 1. The number of ether oxygens (including phenoxy) is 1. The molecule has 5 heteroatoms. The maximum absolute atomic E-state index is 11.7. The van der Waals surface area contributed by atoms with Crippen LogP contribution in [0.1, 0.15) is 12.0 Å². The molecule has 1 heterocycles. The van der Waals surface area contributed by atoms with E-state index in [4.69, 9.17) is 21.4 Å². The molecule has 1 unspecified atom stereocenters. The predicted octanol–water partition coefficient (Wildman–Crippen LogP) is 2.36. The normalized spacial score (nSPS) is 20.3. The monoisotopic (exact) mass is 255 g/mol. The van der Waals surface area contributed by atoms with Crippen molar-refractivity contribution >= 4 is 23.4 Å². The van der Waals surface area contributed by atoms with Crippen molar-refractivity contribution in [2.75, 3.05) is 18.1 Å². The Labute approximate surface area is 105 Å². The molecule has 2 rings (SSSR count). The maximum atomic E-state index is 11.7. The lowest BCUT2D eigenvalue weighted by atomic mass is 10.2. The quantitative estimate of drug-likeness (QED) is 0.883. The second kappa shape index (κ2) is 4.94. The van der Waals surface area contributed by atoms with E-state index in [2.05, 4.69) is 0 Å². The topological polar surface area (TPSA) is 49.8 Å². The molecule has 0 radical (unpaired) electrons. The summed E-state index contributed by atoms with van der Waals surface area (Å²) in [6, 6.07) is 5.45. The molecule has 0 bridgehead atoms. The Morgan fingerprint density at radius 3 is 2.94 bits per heavy atom. The van der Waals surface area contributed by atoms with E-state index in [0.717, 1.165) is 11.3 Å². The van der Waals surface area contributed by atoms with Crippen molar-refractivity contribution in [1.82, 2.24) is 0 Å². The predicted molar refractivity (Wildman–Crippen MR) is 65.5 cm³/mol. The van der Waals surface area contributed by atoms with Gasteiger partial charge in [0.25, 0.3) is 0 Å². The van der Waals surface area contributed by atoms with E-state index in [9.17, 15) is 4.79 Å². The summed E-state index contributed by atoms with van der Waals surface area (Å²) in [4.78, 5) is 13.2. The third kappa shape index (κ3) is 2.53. The van der Waals surface area contributed by atoms with Gasteiger partial charge in [0.15, 0.2) is 0 Å². The van der Waals surface area contributed by atoms with Gasteiger partial charge >= 0.3 is 6.09 Å². The van der Waals surface area contributed by atoms with Gasteiger partial charge in [-0.3, -0.25) is 4.90 Å². The van der Waals surface area contributed by atoms with E-state index in [-0.39, 0.29) is 12.7 Å². The van der Waals surface area contributed by atoms with Crippen LogP contribution in [-0.2, 0) is 4.74 Å². The summed E-state index contributed by atoms with van der Waals surface area (Å²) in [5.74, 6) is 0. The third-order valence-electron chi connectivity index (χ3n) is 2.83. The van der Waals surface area contributed by atoms with Gasteiger partial charge in [0.2, 0.25) is 0 Å². The number of aliphatic hydroxyl groups excluding tert-OH is 1. The van der Waals surface area contributed by atoms with Crippen molar-refractivity contribution in [3.8, 4) is 0 Å². The molecule has 0 saturated carbocycles. The van der Waals surface area contributed by atoms with Gasteiger partial charge in [0.1, 0.15) is 6.10 Å². The summed E-state index contributed by atoms with van der Waals surface area (Å²) in [5.41, 5.74) is 1.69. The zero-order chi connectivity index (χ0) is 12.4. The molecule has 1 aromatic rings. The maximum Gasteiger partial charge on any atom is 0.414 e. The minimum Gasteiger partial charge on any atom is -0.443 e. The first-order valence-electron chi connectivity index (χ1n) is 5.47. The van der Waals surface area contributed by atoms with Gasteiger partial charge in [0, 0.05) is 23.7 Å². The summed E-state index contributed by atoms with van der Waals surface area (Å²) in [6.45, 7) is 2.31. The second-order valence-corrected chi connectivity index (χ2v) is 4.47. The number of hydrogen-bond acceptors (Lipinski definition) is 3. The number of carbonyl (C=O) groups is 1. The number of aliphatic hydroxyl groups is 1. The van der Waals surface area contributed by atoms with Crippen LogP contribution in [0.15, 0.2) is 18.2 Å². The molecule has 4 nitrogen and oxygen atoms in total. The van der Waals surface area contributed by atoms with Gasteiger partial charge in [-0.15, -0.1) is 0 Å². The van der Waals surface area contributed by atoms with Gasteiger partial charge < -0.3 is 9.84 Å². The van der Waals surface area contributed by atoms with Gasteiger partial charge in [-0.05, 0) is 24.6 Å². The molecule has 1 amide bonds. The first-order chi connectivity index (χ1) is 8.11. The molecule has 17 heavy (non-hydrogen) atoms. The molecule has 1 fully saturated rings. The minimum absolute atomic E-state index is 0.131. The number of nitrogens with zero attached hydrogens (tertiary/aromatic N) is 1. The first kappa shape index (κ1) is 12.2. The lowest BCUT2D eigenvalue weighted by Crippen LogP contribution is -2.43. The van der Waals surface area contributed by atoms with Crippen molar-refractivity contribution in [3.05, 3.63) is 28.8 Å². The summed E-state index contributed by atoms with van der Waals surface area (Å²) in [5, 5.41) is 9.55. The fourth-order valence-electron chi connectivity index (χ4n) is 1.74. The lowest BCUT2D eigenvalue weighted by molar-refractivity contribution is 0.0453. The molecule has 0 aliphatic carbocycles. The average Bonchev–Trinajstić information content (AvgIpc) is 2.32. The average molecular weight is 256 g/mol. The molecule has 0 spiro atoms. The summed E-state index contributed by atoms with van der Waals surface area (Å²) in [6.07, 6.45) is -0.205. The van der Waals surface area contributed by atoms with E-state index < -0.39 is 6.09 Å². The van der Waals surface area contributed by atoms with Crippen molar-refractivity contribution < 1.29 is 14.6 Å². The number of cyclic esters (lactones) is 1. The Balaban J connectivity index is 2.17. The van der Waals surface area contributed by atoms with E-state index in [1.807, 2.05) is 19.1 Å². The Kier molecular flexibility index (Phi) is 3.54. The number of anilines is 1. The van der Waals surface area contributed by atoms with Crippen LogP contribution < -0.4 is 4.90 Å². The summed E-state index contributed by atoms with van der Waals surface area (Å²) in [7, 11) is 0. The smallest absolute Gasteiger partial charge is 0.414 e. The molecule has 1 N–H and O–H groups in total. The van der Waals surface area contributed by atoms with E-state index >= 15 is 0 Å². The highest BCUT2D eigenvalue weighted by Gasteiger charge is 2.27. The van der Waals surface area contributed by atoms with Crippen molar-refractivity contribution in [2.24, 2.45) is 0 Å². The zero-order valence-electron chi connectivity index (χ0n) is 9.52. The highest BCUT2D eigenvalue weighted by molar-refractivity contribution is 6.31. The van der Waals surface area contributed by atoms with Crippen molar-refractivity contribution in [1.29, 1.82) is 0 Å². The standard InChI is InChI=1S/C12H14ClNO3/c1-8-2-3-9(6-11(8)13)14-5-4-10(7-15)17-12(14)16/h2-3,6,10,15H,4-5,7H2,1H3. The number of benzene rings is 1. The molecule has 1 aliphatic heterocycles. The van der Waals surface area contributed by atoms with Crippen LogP contribution in [0.25, 0.3) is 0 Å². The lowest BCUT2D eigenvalue weighted by Gasteiger charge is -2.31. The highest BCUT2D eigenvalue weighted by Crippen LogP contribution is 2.26. The SMILES string of the molecule is Cc1ccc(N2CCC(CO)OC2=O)cc1Cl. The number of hydrogen-bond donors (Lipinski definition) is 1. The van der Waals surface area contributed by atoms with E-state index in [1.165, 1.54) is 4.90 Å². The Hall–Kier alpha value is -1.26. The minimum atomic E-state index is -0.435. The summed E-state index contributed by atoms with van der Waals surface area (Å²) < 4.78 is 5.07. The fourth-order valence-corrected chi connectivity index (χ4v) is 1.92. The molecule has 0 aromatic heterocycles. The molecular formula is C12H14ClNO3. The van der Waals surface area contributed by atoms with Gasteiger partial charge in [-0.25, -0.2) is 4.79 Å². The first-order valence-corrected chi connectivity index (χ1v) is 5.85. The largest absolute Gasteiger partial charge is 0.443 e. The zero-order valence-corrected chi connectivity index (χ0v) is 10.3. The Morgan fingerprint density at radius 2 is 2.35 bits per heavy atom. The molecule has 1 aromatic carbocycles. The number of aryl methyl sites for hydroxylation is 1.